The van der Waals surface area contributed by atoms with Gasteiger partial charge in [-0.3, -0.25) is 4.90 Å². The Bertz CT molecular complexity index is 594. The number of rotatable bonds is 5. The van der Waals surface area contributed by atoms with Crippen LogP contribution in [0.4, 0.5) is 4.79 Å². The summed E-state index contributed by atoms with van der Waals surface area (Å²) in [4.78, 5) is 17.0. The van der Waals surface area contributed by atoms with Gasteiger partial charge in [-0.05, 0) is 31.1 Å². The molecule has 4 rings (SSSR count). The van der Waals surface area contributed by atoms with Crippen LogP contribution in [-0.4, -0.2) is 69.4 Å². The minimum Gasteiger partial charge on any atom is -0.336 e. The Morgan fingerprint density at radius 2 is 2.08 bits per heavy atom. The highest BCUT2D eigenvalue weighted by Crippen LogP contribution is 2.46. The van der Waals surface area contributed by atoms with E-state index in [0.29, 0.717) is 6.54 Å². The topological polar surface area (TPSA) is 66.3 Å². The van der Waals surface area contributed by atoms with Gasteiger partial charge in [-0.25, -0.2) is 4.79 Å². The van der Waals surface area contributed by atoms with Gasteiger partial charge in [-0.2, -0.15) is 0 Å². The van der Waals surface area contributed by atoms with Crippen molar-refractivity contribution in [2.75, 3.05) is 32.7 Å². The maximum atomic E-state index is 12.4. The van der Waals surface area contributed by atoms with Crippen LogP contribution < -0.4 is 5.32 Å². The maximum absolute atomic E-state index is 12.4. The van der Waals surface area contributed by atoms with E-state index in [2.05, 4.69) is 27.3 Å². The molecule has 138 valence electrons. The summed E-state index contributed by atoms with van der Waals surface area (Å²) >= 11 is 0. The van der Waals surface area contributed by atoms with Crippen LogP contribution in [0.5, 0.6) is 0 Å². The number of urea groups is 1. The SMILES string of the molecule is CCc1nncn1CCNC(=O)N1CCN(C2CC3CCC2C3)CC1. The van der Waals surface area contributed by atoms with Crippen LogP contribution in [0.1, 0.15) is 38.4 Å². The Kier molecular flexibility index (Phi) is 4.92. The van der Waals surface area contributed by atoms with E-state index in [0.717, 1.165) is 62.8 Å². The van der Waals surface area contributed by atoms with Gasteiger partial charge in [0.1, 0.15) is 12.2 Å². The van der Waals surface area contributed by atoms with Crippen LogP contribution in [0.3, 0.4) is 0 Å². The van der Waals surface area contributed by atoms with Crippen molar-refractivity contribution in [2.45, 2.75) is 51.6 Å². The molecule has 7 heteroatoms. The molecule has 0 radical (unpaired) electrons. The molecule has 3 atom stereocenters. The quantitative estimate of drug-likeness (QED) is 0.874. The van der Waals surface area contributed by atoms with E-state index >= 15 is 0 Å². The van der Waals surface area contributed by atoms with Crippen LogP contribution >= 0.6 is 0 Å². The van der Waals surface area contributed by atoms with Crippen molar-refractivity contribution in [3.63, 3.8) is 0 Å². The molecule has 1 aromatic heterocycles. The molecule has 2 heterocycles. The van der Waals surface area contributed by atoms with Gasteiger partial charge in [0.15, 0.2) is 0 Å². The normalized spacial score (nSPS) is 29.3. The fourth-order valence-corrected chi connectivity index (χ4v) is 5.05. The van der Waals surface area contributed by atoms with Crippen molar-refractivity contribution >= 4 is 6.03 Å². The lowest BCUT2D eigenvalue weighted by molar-refractivity contribution is 0.0827. The van der Waals surface area contributed by atoms with Gasteiger partial charge in [0.25, 0.3) is 0 Å². The van der Waals surface area contributed by atoms with Crippen LogP contribution in [0.15, 0.2) is 6.33 Å². The molecular formula is C18H30N6O. The van der Waals surface area contributed by atoms with Gasteiger partial charge in [0.05, 0.1) is 0 Å². The smallest absolute Gasteiger partial charge is 0.317 e. The third-order valence-corrected chi connectivity index (χ3v) is 6.41. The average Bonchev–Trinajstić information content (AvgIpc) is 3.38. The molecule has 1 aliphatic heterocycles. The third-order valence-electron chi connectivity index (χ3n) is 6.41. The van der Waals surface area contributed by atoms with Gasteiger partial charge >= 0.3 is 6.03 Å². The van der Waals surface area contributed by atoms with E-state index in [-0.39, 0.29) is 6.03 Å². The van der Waals surface area contributed by atoms with Gasteiger partial charge in [-0.1, -0.05) is 13.3 Å². The number of fused-ring (bicyclic) bond motifs is 2. The van der Waals surface area contributed by atoms with Crippen molar-refractivity contribution in [1.82, 2.24) is 29.9 Å². The zero-order chi connectivity index (χ0) is 17.2. The van der Waals surface area contributed by atoms with Crippen molar-refractivity contribution < 1.29 is 4.79 Å². The number of nitrogens with one attached hydrogen (secondary N) is 1. The first-order valence-electron chi connectivity index (χ1n) is 9.88. The zero-order valence-electron chi connectivity index (χ0n) is 15.2. The van der Waals surface area contributed by atoms with Crippen molar-refractivity contribution in [3.8, 4) is 0 Å². The largest absolute Gasteiger partial charge is 0.336 e. The Balaban J connectivity index is 1.19. The lowest BCUT2D eigenvalue weighted by Crippen LogP contribution is -2.55. The first-order chi connectivity index (χ1) is 12.2. The minimum atomic E-state index is 0.0683. The van der Waals surface area contributed by atoms with E-state index < -0.39 is 0 Å². The number of carbonyl (C=O) groups is 1. The molecule has 1 N–H and O–H groups in total. The zero-order valence-corrected chi connectivity index (χ0v) is 15.2. The lowest BCUT2D eigenvalue weighted by atomic mass is 9.93. The summed E-state index contributed by atoms with van der Waals surface area (Å²) in [5.41, 5.74) is 0. The molecule has 2 amide bonds. The molecule has 1 aromatic rings. The summed E-state index contributed by atoms with van der Waals surface area (Å²) in [5, 5.41) is 11.0. The molecule has 1 saturated heterocycles. The van der Waals surface area contributed by atoms with Crippen molar-refractivity contribution in [1.29, 1.82) is 0 Å². The first-order valence-corrected chi connectivity index (χ1v) is 9.88. The Labute approximate surface area is 149 Å². The number of hydrogen-bond donors (Lipinski definition) is 1. The maximum Gasteiger partial charge on any atom is 0.317 e. The van der Waals surface area contributed by atoms with Crippen LogP contribution in [0.25, 0.3) is 0 Å². The van der Waals surface area contributed by atoms with Crippen LogP contribution in [0.2, 0.25) is 0 Å². The summed E-state index contributed by atoms with van der Waals surface area (Å²) in [5.74, 6) is 2.89. The minimum absolute atomic E-state index is 0.0683. The highest BCUT2D eigenvalue weighted by molar-refractivity contribution is 5.74. The number of aromatic nitrogens is 3. The highest BCUT2D eigenvalue weighted by Gasteiger charge is 2.42. The van der Waals surface area contributed by atoms with Crippen LogP contribution in [-0.2, 0) is 13.0 Å². The summed E-state index contributed by atoms with van der Waals surface area (Å²) in [6.45, 7) is 7.19. The molecule has 0 aromatic carbocycles. The Morgan fingerprint density at radius 1 is 1.24 bits per heavy atom. The van der Waals surface area contributed by atoms with Gasteiger partial charge in [0, 0.05) is 51.7 Å². The van der Waals surface area contributed by atoms with Gasteiger partial charge < -0.3 is 14.8 Å². The molecule has 2 aliphatic carbocycles. The molecule has 3 aliphatic rings. The second-order valence-electron chi connectivity index (χ2n) is 7.79. The highest BCUT2D eigenvalue weighted by atomic mass is 16.2. The number of carbonyl (C=O) groups excluding carboxylic acids is 1. The van der Waals surface area contributed by atoms with Gasteiger partial charge in [0.2, 0.25) is 0 Å². The standard InChI is InChI=1S/C18H30N6O/c1-2-17-21-20-13-24(17)6-5-19-18(25)23-9-7-22(8-10-23)16-12-14-3-4-15(16)11-14/h13-16H,2-12H2,1H3,(H,19,25). The first kappa shape index (κ1) is 16.8. The molecule has 0 spiro atoms. The molecule has 2 bridgehead atoms. The molecule has 25 heavy (non-hydrogen) atoms. The molecule has 7 nitrogen and oxygen atoms in total. The summed E-state index contributed by atoms with van der Waals surface area (Å²) in [6.07, 6.45) is 8.33. The molecule has 2 saturated carbocycles. The van der Waals surface area contributed by atoms with E-state index in [9.17, 15) is 4.79 Å². The van der Waals surface area contributed by atoms with E-state index in [1.807, 2.05) is 9.47 Å². The molecular weight excluding hydrogens is 316 g/mol. The Morgan fingerprint density at radius 3 is 2.76 bits per heavy atom. The fraction of sp³-hybridized carbons (Fsp3) is 0.833. The molecule has 3 unspecified atom stereocenters. The van der Waals surface area contributed by atoms with E-state index in [1.165, 1.54) is 25.7 Å². The summed E-state index contributed by atoms with van der Waals surface area (Å²) < 4.78 is 2.01. The number of hydrogen-bond acceptors (Lipinski definition) is 4. The van der Waals surface area contributed by atoms with Gasteiger partial charge in [-0.15, -0.1) is 10.2 Å². The number of amides is 2. The predicted molar refractivity (Wildman–Crippen MR) is 95.2 cm³/mol. The van der Waals surface area contributed by atoms with E-state index in [1.54, 1.807) is 6.33 Å². The average molecular weight is 346 g/mol. The van der Waals surface area contributed by atoms with Crippen molar-refractivity contribution in [3.05, 3.63) is 12.2 Å². The third kappa shape index (κ3) is 3.52. The predicted octanol–water partition coefficient (Wildman–Crippen LogP) is 1.36. The Hall–Kier alpha value is -1.63. The lowest BCUT2D eigenvalue weighted by Gasteiger charge is -2.41. The number of piperazine rings is 1. The monoisotopic (exact) mass is 346 g/mol. The fourth-order valence-electron chi connectivity index (χ4n) is 5.05. The summed E-state index contributed by atoms with van der Waals surface area (Å²) in [6, 6.07) is 0.865. The number of aryl methyl sites for hydroxylation is 1. The molecule has 3 fully saturated rings. The number of nitrogens with zero attached hydrogens (tertiary/aromatic N) is 5. The second-order valence-corrected chi connectivity index (χ2v) is 7.79. The van der Waals surface area contributed by atoms with Crippen molar-refractivity contribution in [2.24, 2.45) is 11.8 Å². The van der Waals surface area contributed by atoms with E-state index in [4.69, 9.17) is 0 Å². The second kappa shape index (κ2) is 7.32. The summed E-state index contributed by atoms with van der Waals surface area (Å²) in [7, 11) is 0. The van der Waals surface area contributed by atoms with Crippen LogP contribution in [0, 0.1) is 11.8 Å².